The summed E-state index contributed by atoms with van der Waals surface area (Å²) in [5.74, 6) is 0.819. The first kappa shape index (κ1) is 11.3. The molecule has 0 amide bonds. The van der Waals surface area contributed by atoms with Gasteiger partial charge in [-0.1, -0.05) is 24.3 Å². The van der Waals surface area contributed by atoms with Crippen molar-refractivity contribution in [2.45, 2.75) is 6.54 Å². The Balaban J connectivity index is 1.93. The second-order valence-electron chi connectivity index (χ2n) is 4.79. The number of aromatic amines is 1. The molecule has 0 bridgehead atoms. The zero-order valence-electron chi connectivity index (χ0n) is 10.8. The van der Waals surface area contributed by atoms with E-state index in [-0.39, 0.29) is 0 Å². The van der Waals surface area contributed by atoms with Crippen molar-refractivity contribution in [2.24, 2.45) is 5.73 Å². The van der Waals surface area contributed by atoms with Crippen LogP contribution in [0, 0.1) is 0 Å². The number of nitrogens with zero attached hydrogens (tertiary/aromatic N) is 1. The van der Waals surface area contributed by atoms with Crippen molar-refractivity contribution in [3.63, 3.8) is 0 Å². The van der Waals surface area contributed by atoms with Gasteiger partial charge in [0.25, 0.3) is 0 Å². The third kappa shape index (κ3) is 1.62. The predicted octanol–water partition coefficient (Wildman–Crippen LogP) is 3.43. The number of hydrogen-bond acceptors (Lipinski definition) is 3. The Hall–Kier alpha value is -2.59. The van der Waals surface area contributed by atoms with Gasteiger partial charge in [-0.15, -0.1) is 0 Å². The number of H-pyrrole nitrogens is 1. The maximum atomic E-state index is 5.67. The van der Waals surface area contributed by atoms with Gasteiger partial charge in [0.05, 0.1) is 16.6 Å². The van der Waals surface area contributed by atoms with Crippen molar-refractivity contribution in [3.8, 4) is 11.4 Å². The van der Waals surface area contributed by atoms with Crippen molar-refractivity contribution in [1.29, 1.82) is 0 Å². The second kappa shape index (κ2) is 4.21. The van der Waals surface area contributed by atoms with Gasteiger partial charge >= 0.3 is 0 Å². The topological polar surface area (TPSA) is 67.8 Å². The van der Waals surface area contributed by atoms with E-state index in [1.807, 2.05) is 42.5 Å². The fourth-order valence-electron chi connectivity index (χ4n) is 2.47. The van der Waals surface area contributed by atoms with Gasteiger partial charge in [-0.2, -0.15) is 0 Å². The molecule has 0 aliphatic carbocycles. The summed E-state index contributed by atoms with van der Waals surface area (Å²) < 4.78 is 5.56. The Bertz CT molecular complexity index is 904. The molecule has 4 rings (SSSR count). The van der Waals surface area contributed by atoms with Gasteiger partial charge in [-0.3, -0.25) is 0 Å². The molecule has 98 valence electrons. The molecule has 2 aromatic heterocycles. The van der Waals surface area contributed by atoms with Crippen LogP contribution in [-0.2, 0) is 6.54 Å². The summed E-state index contributed by atoms with van der Waals surface area (Å²) in [5.41, 5.74) is 10.5. The molecule has 3 N–H and O–H groups in total. The van der Waals surface area contributed by atoms with Gasteiger partial charge in [0.1, 0.15) is 17.7 Å². The minimum absolute atomic E-state index is 0.527. The van der Waals surface area contributed by atoms with Gasteiger partial charge in [0.15, 0.2) is 0 Å². The van der Waals surface area contributed by atoms with Crippen molar-refractivity contribution in [1.82, 2.24) is 9.97 Å². The number of nitrogens with one attached hydrogen (secondary N) is 1. The Morgan fingerprint density at radius 3 is 2.95 bits per heavy atom. The molecule has 0 spiro atoms. The number of hydrogen-bond donors (Lipinski definition) is 2. The Kier molecular flexibility index (Phi) is 2.37. The number of rotatable bonds is 2. The summed E-state index contributed by atoms with van der Waals surface area (Å²) in [6.07, 6.45) is 1.74. The molecule has 4 heteroatoms. The lowest BCUT2D eigenvalue weighted by molar-refractivity contribution is 0.616. The lowest BCUT2D eigenvalue weighted by Gasteiger charge is -1.94. The first-order valence-corrected chi connectivity index (χ1v) is 6.50. The van der Waals surface area contributed by atoms with Crippen LogP contribution < -0.4 is 5.73 Å². The van der Waals surface area contributed by atoms with Gasteiger partial charge < -0.3 is 15.1 Å². The highest BCUT2D eigenvalue weighted by atomic mass is 16.3. The molecule has 0 unspecified atom stereocenters. The van der Waals surface area contributed by atoms with Crippen LogP contribution in [0.1, 0.15) is 5.56 Å². The molecule has 20 heavy (non-hydrogen) atoms. The maximum Gasteiger partial charge on any atom is 0.142 e. The minimum Gasteiger partial charge on any atom is -0.464 e. The van der Waals surface area contributed by atoms with Gasteiger partial charge in [0, 0.05) is 11.9 Å². The number of nitrogens with two attached hydrogens (primary N) is 1. The molecule has 2 heterocycles. The zero-order chi connectivity index (χ0) is 13.5. The van der Waals surface area contributed by atoms with E-state index in [1.54, 1.807) is 6.26 Å². The number of aromatic nitrogens is 2. The highest BCUT2D eigenvalue weighted by molar-refractivity contribution is 5.93. The molecule has 0 aliphatic heterocycles. The van der Waals surface area contributed by atoms with E-state index in [0.717, 1.165) is 39.0 Å². The Labute approximate surface area is 115 Å². The molecule has 0 saturated carbocycles. The van der Waals surface area contributed by atoms with E-state index in [1.165, 1.54) is 0 Å². The molecular formula is C16H13N3O. The normalized spacial score (nSPS) is 11.4. The average Bonchev–Trinajstić information content (AvgIpc) is 3.09. The van der Waals surface area contributed by atoms with Crippen molar-refractivity contribution in [2.75, 3.05) is 0 Å². The van der Waals surface area contributed by atoms with E-state index < -0.39 is 0 Å². The van der Waals surface area contributed by atoms with Crippen molar-refractivity contribution >= 4 is 22.0 Å². The van der Waals surface area contributed by atoms with E-state index in [9.17, 15) is 0 Å². The summed E-state index contributed by atoms with van der Waals surface area (Å²) in [7, 11) is 0. The zero-order valence-corrected chi connectivity index (χ0v) is 10.8. The fourth-order valence-corrected chi connectivity index (χ4v) is 2.47. The number of benzene rings is 2. The van der Waals surface area contributed by atoms with Crippen LogP contribution in [0.3, 0.4) is 0 Å². The number of fused-ring (bicyclic) bond motifs is 2. The van der Waals surface area contributed by atoms with Gasteiger partial charge in [-0.25, -0.2) is 4.98 Å². The summed E-state index contributed by atoms with van der Waals surface area (Å²) in [6, 6.07) is 14.0. The largest absolute Gasteiger partial charge is 0.464 e. The van der Waals surface area contributed by atoms with Gasteiger partial charge in [-0.05, 0) is 23.8 Å². The highest BCUT2D eigenvalue weighted by Gasteiger charge is 2.11. The quantitative estimate of drug-likeness (QED) is 0.582. The molecule has 0 aliphatic rings. The third-order valence-electron chi connectivity index (χ3n) is 3.52. The number of para-hydroxylation sites is 1. The van der Waals surface area contributed by atoms with Crippen LogP contribution in [0.4, 0.5) is 0 Å². The smallest absolute Gasteiger partial charge is 0.142 e. The summed E-state index contributed by atoms with van der Waals surface area (Å²) >= 11 is 0. The molecule has 0 fully saturated rings. The maximum absolute atomic E-state index is 5.67. The lowest BCUT2D eigenvalue weighted by atomic mass is 10.2. The van der Waals surface area contributed by atoms with Crippen LogP contribution >= 0.6 is 0 Å². The van der Waals surface area contributed by atoms with Crippen LogP contribution in [-0.4, -0.2) is 9.97 Å². The van der Waals surface area contributed by atoms with E-state index in [2.05, 4.69) is 9.97 Å². The predicted molar refractivity (Wildman–Crippen MR) is 79.2 cm³/mol. The third-order valence-corrected chi connectivity index (χ3v) is 3.52. The average molecular weight is 263 g/mol. The van der Waals surface area contributed by atoms with Crippen LogP contribution in [0.25, 0.3) is 33.4 Å². The SMILES string of the molecule is NCc1ccc2nc(-c3coc4ccccc34)[nH]c2c1. The molecule has 0 saturated heterocycles. The number of imidazole rings is 1. The monoisotopic (exact) mass is 263 g/mol. The first-order chi connectivity index (χ1) is 9.85. The molecule has 0 atom stereocenters. The first-order valence-electron chi connectivity index (χ1n) is 6.50. The summed E-state index contributed by atoms with van der Waals surface area (Å²) in [5, 5.41) is 1.06. The van der Waals surface area contributed by atoms with Crippen LogP contribution in [0.5, 0.6) is 0 Å². The standard InChI is InChI=1S/C16H13N3O/c17-8-10-5-6-13-14(7-10)19-16(18-13)12-9-20-15-4-2-1-3-11(12)15/h1-7,9H,8,17H2,(H,18,19). The van der Waals surface area contributed by atoms with E-state index >= 15 is 0 Å². The molecule has 4 nitrogen and oxygen atoms in total. The minimum atomic E-state index is 0.527. The summed E-state index contributed by atoms with van der Waals surface area (Å²) in [4.78, 5) is 7.96. The molecule has 2 aromatic carbocycles. The van der Waals surface area contributed by atoms with Crippen molar-refractivity contribution in [3.05, 3.63) is 54.3 Å². The van der Waals surface area contributed by atoms with Crippen LogP contribution in [0.15, 0.2) is 53.1 Å². The Morgan fingerprint density at radius 2 is 2.05 bits per heavy atom. The van der Waals surface area contributed by atoms with Crippen LogP contribution in [0.2, 0.25) is 0 Å². The van der Waals surface area contributed by atoms with Gasteiger partial charge in [0.2, 0.25) is 0 Å². The van der Waals surface area contributed by atoms with Crippen molar-refractivity contribution < 1.29 is 4.42 Å². The highest BCUT2D eigenvalue weighted by Crippen LogP contribution is 2.30. The van der Waals surface area contributed by atoms with E-state index in [4.69, 9.17) is 10.2 Å². The Morgan fingerprint density at radius 1 is 1.15 bits per heavy atom. The summed E-state index contributed by atoms with van der Waals surface area (Å²) in [6.45, 7) is 0.527. The lowest BCUT2D eigenvalue weighted by Crippen LogP contribution is -1.95. The number of furan rings is 1. The fraction of sp³-hybridized carbons (Fsp3) is 0.0625. The molecule has 0 radical (unpaired) electrons. The van der Waals surface area contributed by atoms with E-state index in [0.29, 0.717) is 6.54 Å². The second-order valence-corrected chi connectivity index (χ2v) is 4.79. The molecule has 4 aromatic rings. The molecular weight excluding hydrogens is 250 g/mol.